The predicted molar refractivity (Wildman–Crippen MR) is 199 cm³/mol. The summed E-state index contributed by atoms with van der Waals surface area (Å²) >= 11 is 0. The van der Waals surface area contributed by atoms with E-state index in [4.69, 9.17) is 33.2 Å². The van der Waals surface area contributed by atoms with E-state index in [0.717, 1.165) is 33.3 Å². The van der Waals surface area contributed by atoms with E-state index in [1.165, 1.54) is 20.8 Å². The third kappa shape index (κ3) is 7.41. The van der Waals surface area contributed by atoms with Gasteiger partial charge in [-0.1, -0.05) is 32.4 Å². The third-order valence-corrected chi connectivity index (χ3v) is 14.2. The molecule has 16 heteroatoms. The zero-order valence-corrected chi connectivity index (χ0v) is 35.5. The molecule has 0 aromatic heterocycles. The van der Waals surface area contributed by atoms with Crippen LogP contribution in [0.2, 0.25) is 0 Å². The largest absolute Gasteiger partial charge is 0.463 e. The minimum Gasteiger partial charge on any atom is -0.463 e. The first-order valence-electron chi connectivity index (χ1n) is 19.8. The number of ketones is 3. The maximum absolute atomic E-state index is 15.0. The predicted octanol–water partition coefficient (Wildman–Crippen LogP) is 3.30. The number of fused-ring (bicyclic) bond motifs is 5. The minimum absolute atomic E-state index is 0.0194. The summed E-state index contributed by atoms with van der Waals surface area (Å²) in [6.45, 7) is 17.2. The van der Waals surface area contributed by atoms with Crippen molar-refractivity contribution in [2.45, 2.75) is 157 Å². The first-order valence-corrected chi connectivity index (χ1v) is 19.8. The van der Waals surface area contributed by atoms with Crippen LogP contribution in [0.25, 0.3) is 0 Å². The Labute approximate surface area is 338 Å². The van der Waals surface area contributed by atoms with Crippen molar-refractivity contribution in [2.75, 3.05) is 6.61 Å². The molecule has 16 nitrogen and oxygen atoms in total. The molecule has 58 heavy (non-hydrogen) atoms. The Kier molecular flexibility index (Phi) is 12.1. The molecule has 5 rings (SSSR count). The second kappa shape index (κ2) is 15.5. The van der Waals surface area contributed by atoms with E-state index < -0.39 is 130 Å². The molecule has 5 aliphatic rings. The molecule has 1 N–H and O–H groups in total. The van der Waals surface area contributed by atoms with E-state index in [-0.39, 0.29) is 30.8 Å². The molecule has 3 saturated carbocycles. The van der Waals surface area contributed by atoms with Gasteiger partial charge < -0.3 is 38.3 Å². The molecule has 1 aliphatic heterocycles. The van der Waals surface area contributed by atoms with Gasteiger partial charge in [0.1, 0.15) is 36.3 Å². The Hall–Kier alpha value is -4.02. The van der Waals surface area contributed by atoms with E-state index in [1.54, 1.807) is 13.8 Å². The average molecular weight is 819 g/mol. The molecule has 4 fully saturated rings. The van der Waals surface area contributed by atoms with Gasteiger partial charge in [-0.25, -0.2) is 0 Å². The standard InChI is InChI=1S/C42H58O16/c1-19(43)42(12,51)35-28(53-21(3)45)16-39(9)30-14-13-25-26(41(30,11)31(49)17-40(35,39)10)15-27(36(50)38(25,7)8)57-37-34(56-24(6)48)33(55-23(5)47)32(54-22(4)46)29(58-37)18-52-20(2)44/h13,26-30,32-35,37,51H,14-18H2,1-12H3/t26-,27+,28-,29-,30+,32-,33+,34-,35+,37-,39+,40-,41+,42+/m1/s1. The molecule has 14 atom stereocenters. The first kappa shape index (κ1) is 45.1. The molecule has 0 bridgehead atoms. The average Bonchev–Trinajstić information content (AvgIpc) is 3.30. The summed E-state index contributed by atoms with van der Waals surface area (Å²) in [4.78, 5) is 104. The number of carbonyl (C=O) groups excluding carboxylic acids is 8. The quantitative estimate of drug-likeness (QED) is 0.190. The van der Waals surface area contributed by atoms with E-state index in [2.05, 4.69) is 0 Å². The van der Waals surface area contributed by atoms with Crippen LogP contribution < -0.4 is 0 Å². The van der Waals surface area contributed by atoms with Crippen molar-refractivity contribution in [3.8, 4) is 0 Å². The van der Waals surface area contributed by atoms with Crippen LogP contribution in [0.5, 0.6) is 0 Å². The van der Waals surface area contributed by atoms with Crippen LogP contribution in [0, 0.1) is 39.4 Å². The van der Waals surface area contributed by atoms with Crippen molar-refractivity contribution in [1.29, 1.82) is 0 Å². The van der Waals surface area contributed by atoms with Gasteiger partial charge in [0.2, 0.25) is 0 Å². The van der Waals surface area contributed by atoms with Crippen LogP contribution in [-0.4, -0.2) is 107 Å². The fourth-order valence-corrected chi connectivity index (χ4v) is 11.4. The maximum atomic E-state index is 15.0. The highest BCUT2D eigenvalue weighted by Crippen LogP contribution is 2.74. The topological polar surface area (TPSA) is 221 Å². The number of Topliss-reactive ketones (excluding diaryl/α,β-unsaturated/α-hetero) is 3. The van der Waals surface area contributed by atoms with Crippen molar-refractivity contribution < 1.29 is 76.6 Å². The molecular weight excluding hydrogens is 760 g/mol. The molecule has 0 spiro atoms. The molecule has 0 unspecified atom stereocenters. The maximum Gasteiger partial charge on any atom is 0.303 e. The highest BCUT2D eigenvalue weighted by atomic mass is 16.7. The van der Waals surface area contributed by atoms with E-state index in [1.807, 2.05) is 26.8 Å². The highest BCUT2D eigenvalue weighted by Gasteiger charge is 2.75. The van der Waals surface area contributed by atoms with Crippen molar-refractivity contribution in [3.05, 3.63) is 11.6 Å². The van der Waals surface area contributed by atoms with Crippen molar-refractivity contribution in [1.82, 2.24) is 0 Å². The summed E-state index contributed by atoms with van der Waals surface area (Å²) < 4.78 is 40.4. The lowest BCUT2D eigenvalue weighted by atomic mass is 9.38. The minimum atomic E-state index is -1.92. The third-order valence-electron chi connectivity index (χ3n) is 14.2. The summed E-state index contributed by atoms with van der Waals surface area (Å²) in [5.74, 6) is -6.64. The van der Waals surface area contributed by atoms with Gasteiger partial charge in [-0.05, 0) is 69.6 Å². The zero-order chi connectivity index (χ0) is 43.7. The summed E-state index contributed by atoms with van der Waals surface area (Å²) in [5, 5.41) is 11.8. The number of aliphatic hydroxyl groups is 1. The van der Waals surface area contributed by atoms with Crippen LogP contribution in [0.3, 0.4) is 0 Å². The molecule has 1 heterocycles. The van der Waals surface area contributed by atoms with E-state index in [0.29, 0.717) is 6.42 Å². The molecule has 1 saturated heterocycles. The molecule has 322 valence electrons. The number of carbonyl (C=O) groups is 8. The van der Waals surface area contributed by atoms with Gasteiger partial charge >= 0.3 is 29.8 Å². The second-order valence-electron chi connectivity index (χ2n) is 18.2. The highest BCUT2D eigenvalue weighted by molar-refractivity contribution is 5.95. The van der Waals surface area contributed by atoms with Gasteiger partial charge in [-0.2, -0.15) is 0 Å². The molecule has 0 amide bonds. The lowest BCUT2D eigenvalue weighted by Gasteiger charge is -2.64. The monoisotopic (exact) mass is 818 g/mol. The second-order valence-corrected chi connectivity index (χ2v) is 18.2. The Morgan fingerprint density at radius 2 is 1.34 bits per heavy atom. The summed E-state index contributed by atoms with van der Waals surface area (Å²) in [7, 11) is 0. The number of esters is 5. The number of hydrogen-bond acceptors (Lipinski definition) is 16. The zero-order valence-electron chi connectivity index (χ0n) is 35.5. The number of allylic oxidation sites excluding steroid dienone is 2. The Morgan fingerprint density at radius 3 is 1.88 bits per heavy atom. The molecule has 0 aromatic carbocycles. The number of rotatable bonds is 10. The van der Waals surface area contributed by atoms with Gasteiger partial charge in [0, 0.05) is 57.8 Å². The fourth-order valence-electron chi connectivity index (χ4n) is 11.4. The van der Waals surface area contributed by atoms with Crippen LogP contribution in [0.15, 0.2) is 11.6 Å². The van der Waals surface area contributed by atoms with Crippen molar-refractivity contribution in [3.63, 3.8) is 0 Å². The molecule has 0 radical (unpaired) electrons. The first-order chi connectivity index (χ1) is 26.6. The van der Waals surface area contributed by atoms with E-state index in [9.17, 15) is 38.7 Å². The SMILES string of the molecule is CC(=O)OC[C@H]1O[C@@H](O[C@H]2C[C@@H]3C(=CC[C@@H]4[C@@]3(C)C(=O)C[C@]3(C)[C@@H]([C@@](C)(O)C(C)=O)[C@H](OC(C)=O)C[C@@]43C)C(C)(C)C2=O)[C@H](OC(C)=O)[C@@H](OC(C)=O)[C@@H]1OC(C)=O. The van der Waals surface area contributed by atoms with Crippen LogP contribution in [0.4, 0.5) is 0 Å². The molecular formula is C42H58O16. The summed E-state index contributed by atoms with van der Waals surface area (Å²) in [6, 6.07) is 0. The van der Waals surface area contributed by atoms with Crippen LogP contribution >= 0.6 is 0 Å². The Morgan fingerprint density at radius 1 is 0.793 bits per heavy atom. The van der Waals surface area contributed by atoms with Crippen LogP contribution in [-0.2, 0) is 71.5 Å². The number of hydrogen-bond donors (Lipinski definition) is 1. The Balaban J connectivity index is 1.58. The molecule has 0 aromatic rings. The lowest BCUT2D eigenvalue weighted by Crippen LogP contribution is -2.66. The number of ether oxygens (including phenoxy) is 7. The van der Waals surface area contributed by atoms with Gasteiger partial charge in [-0.3, -0.25) is 38.4 Å². The van der Waals surface area contributed by atoms with Gasteiger partial charge in [0.25, 0.3) is 0 Å². The van der Waals surface area contributed by atoms with Crippen molar-refractivity contribution in [2.24, 2.45) is 39.4 Å². The van der Waals surface area contributed by atoms with Crippen LogP contribution in [0.1, 0.15) is 109 Å². The van der Waals surface area contributed by atoms with Gasteiger partial charge in [0.05, 0.1) is 0 Å². The lowest BCUT2D eigenvalue weighted by molar-refractivity contribution is -0.316. The smallest absolute Gasteiger partial charge is 0.303 e. The van der Waals surface area contributed by atoms with Gasteiger partial charge in [0.15, 0.2) is 36.2 Å². The normalized spacial score (nSPS) is 40.0. The van der Waals surface area contributed by atoms with E-state index >= 15 is 4.79 Å². The van der Waals surface area contributed by atoms with Gasteiger partial charge in [-0.15, -0.1) is 0 Å². The molecule has 4 aliphatic carbocycles. The summed E-state index contributed by atoms with van der Waals surface area (Å²) in [6.07, 6.45) is -7.01. The Bertz CT molecular complexity index is 1800. The fraction of sp³-hybridized carbons (Fsp3) is 0.762. The summed E-state index contributed by atoms with van der Waals surface area (Å²) in [5.41, 5.74) is -5.21. The van der Waals surface area contributed by atoms with Crippen molar-refractivity contribution >= 4 is 47.2 Å².